The molecule has 1 heteroatoms. The van der Waals surface area contributed by atoms with E-state index in [0.29, 0.717) is 0 Å². The summed E-state index contributed by atoms with van der Waals surface area (Å²) in [6.07, 6.45) is 4.57. The fraction of sp³-hybridized carbons (Fsp3) is 0.500. The molecule has 0 aromatic heterocycles. The summed E-state index contributed by atoms with van der Waals surface area (Å²) >= 11 is 0. The van der Waals surface area contributed by atoms with Gasteiger partial charge in [0.25, 0.3) is 0 Å². The molecule has 1 nitrogen and oxygen atoms in total. The monoisotopic (exact) mass is 124 g/mol. The third-order valence-corrected chi connectivity index (χ3v) is 1.11. The van der Waals surface area contributed by atoms with E-state index in [2.05, 4.69) is 13.5 Å². The average Bonchev–Trinajstić information content (AvgIpc) is 1.85. The summed E-state index contributed by atoms with van der Waals surface area (Å²) in [6, 6.07) is 0. The van der Waals surface area contributed by atoms with Crippen molar-refractivity contribution in [1.29, 1.82) is 0 Å². The Hall–Kier alpha value is -0.810. The summed E-state index contributed by atoms with van der Waals surface area (Å²) < 4.78 is 0. The first-order valence-corrected chi connectivity index (χ1v) is 3.20. The van der Waals surface area contributed by atoms with Crippen molar-refractivity contribution >= 4 is 5.94 Å². The molecule has 0 bridgehead atoms. The molecule has 0 aliphatic carbocycles. The molecule has 9 heavy (non-hydrogen) atoms. The lowest BCUT2D eigenvalue weighted by atomic mass is 10.1. The zero-order valence-electron chi connectivity index (χ0n) is 5.81. The molecule has 0 aliphatic rings. The fourth-order valence-electron chi connectivity index (χ4n) is 0.559. The summed E-state index contributed by atoms with van der Waals surface area (Å²) in [4.78, 5) is 9.74. The molecule has 0 heterocycles. The Kier molecular flexibility index (Phi) is 4.85. The van der Waals surface area contributed by atoms with Crippen molar-refractivity contribution < 1.29 is 4.79 Å². The first-order valence-electron chi connectivity index (χ1n) is 3.20. The molecule has 0 aliphatic heterocycles. The largest absolute Gasteiger partial charge is 0.233 e. The summed E-state index contributed by atoms with van der Waals surface area (Å²) in [5.41, 5.74) is 0.881. The Morgan fingerprint density at radius 2 is 2.44 bits per heavy atom. The Balaban J connectivity index is 3.39. The van der Waals surface area contributed by atoms with E-state index in [9.17, 15) is 4.79 Å². The van der Waals surface area contributed by atoms with Gasteiger partial charge in [0.2, 0.25) is 0 Å². The Morgan fingerprint density at radius 3 is 2.89 bits per heavy atom. The number of unbranched alkanes of at least 4 members (excludes halogenated alkanes) is 1. The number of hydrogen-bond acceptors (Lipinski definition) is 1. The van der Waals surface area contributed by atoms with Gasteiger partial charge in [-0.15, -0.1) is 0 Å². The maximum atomic E-state index is 9.74. The first kappa shape index (κ1) is 8.19. The quantitative estimate of drug-likeness (QED) is 0.414. The Morgan fingerprint density at radius 1 is 1.78 bits per heavy atom. The van der Waals surface area contributed by atoms with Gasteiger partial charge in [-0.2, -0.15) is 0 Å². The van der Waals surface area contributed by atoms with Gasteiger partial charge in [-0.3, -0.25) is 0 Å². The highest BCUT2D eigenvalue weighted by Gasteiger charge is 1.86. The van der Waals surface area contributed by atoms with E-state index in [1.807, 2.05) is 0 Å². The first-order chi connectivity index (χ1) is 4.31. The second-order valence-corrected chi connectivity index (χ2v) is 2.02. The van der Waals surface area contributed by atoms with E-state index < -0.39 is 0 Å². The molecule has 0 radical (unpaired) electrons. The maximum Gasteiger partial charge on any atom is 0.124 e. The van der Waals surface area contributed by atoms with Crippen molar-refractivity contribution in [1.82, 2.24) is 0 Å². The lowest BCUT2D eigenvalue weighted by Gasteiger charge is -1.92. The average molecular weight is 124 g/mol. The molecule has 0 saturated carbocycles. The van der Waals surface area contributed by atoms with Crippen LogP contribution in [0.5, 0.6) is 0 Å². The van der Waals surface area contributed by atoms with Gasteiger partial charge in [0, 0.05) is 6.08 Å². The molecule has 0 aromatic rings. The number of rotatable bonds is 4. The minimum atomic E-state index is 0.881. The number of hydrogen-bond donors (Lipinski definition) is 0. The second kappa shape index (κ2) is 5.33. The Bertz CT molecular complexity index is 130. The van der Waals surface area contributed by atoms with E-state index in [1.165, 1.54) is 6.08 Å². The molecule has 0 atom stereocenters. The molecular weight excluding hydrogens is 112 g/mol. The number of carbonyl (C=O) groups excluding carboxylic acids is 1. The van der Waals surface area contributed by atoms with Gasteiger partial charge >= 0.3 is 0 Å². The maximum absolute atomic E-state index is 9.74. The smallest absolute Gasteiger partial charge is 0.124 e. The minimum Gasteiger partial charge on any atom is -0.233 e. The molecule has 0 rings (SSSR count). The summed E-state index contributed by atoms with van der Waals surface area (Å²) in [6.45, 7) is 5.77. The van der Waals surface area contributed by atoms with Gasteiger partial charge in [-0.05, 0) is 18.4 Å². The van der Waals surface area contributed by atoms with Gasteiger partial charge in [0.1, 0.15) is 5.94 Å². The standard InChI is InChI=1S/C8H12O/c1-3-4-5-8(2)6-7-9/h6H,2-5H2,1H3. The van der Waals surface area contributed by atoms with Gasteiger partial charge in [0.05, 0.1) is 0 Å². The number of allylic oxidation sites excluding steroid dienone is 2. The molecular formula is C8H12O. The topological polar surface area (TPSA) is 17.1 Å². The van der Waals surface area contributed by atoms with Crippen molar-refractivity contribution in [3.8, 4) is 0 Å². The minimum absolute atomic E-state index is 0.881. The summed E-state index contributed by atoms with van der Waals surface area (Å²) in [5.74, 6) is 1.70. The molecule has 0 unspecified atom stereocenters. The molecule has 0 amide bonds. The van der Waals surface area contributed by atoms with E-state index >= 15 is 0 Å². The van der Waals surface area contributed by atoms with Crippen LogP contribution < -0.4 is 0 Å². The second-order valence-electron chi connectivity index (χ2n) is 2.02. The van der Waals surface area contributed by atoms with Crippen LogP contribution in [-0.2, 0) is 4.79 Å². The van der Waals surface area contributed by atoms with Gasteiger partial charge in [-0.25, -0.2) is 4.79 Å². The van der Waals surface area contributed by atoms with E-state index in [4.69, 9.17) is 0 Å². The van der Waals surface area contributed by atoms with Crippen molar-refractivity contribution in [3.63, 3.8) is 0 Å². The SMILES string of the molecule is C=C(C=C=O)CCCC. The normalized spacial score (nSPS) is 8.11. The van der Waals surface area contributed by atoms with Crippen LogP contribution in [0.4, 0.5) is 0 Å². The van der Waals surface area contributed by atoms with Gasteiger partial charge in [0.15, 0.2) is 0 Å². The van der Waals surface area contributed by atoms with E-state index in [1.54, 1.807) is 5.94 Å². The van der Waals surface area contributed by atoms with Crippen molar-refractivity contribution in [2.24, 2.45) is 0 Å². The van der Waals surface area contributed by atoms with Crippen molar-refractivity contribution in [2.45, 2.75) is 26.2 Å². The molecule has 0 saturated heterocycles. The third kappa shape index (κ3) is 5.05. The highest BCUT2D eigenvalue weighted by Crippen LogP contribution is 2.03. The van der Waals surface area contributed by atoms with Gasteiger partial charge < -0.3 is 0 Å². The molecule has 0 N–H and O–H groups in total. The lowest BCUT2D eigenvalue weighted by molar-refractivity contribution is 0.568. The molecule has 0 fully saturated rings. The Labute approximate surface area is 56.1 Å². The highest BCUT2D eigenvalue weighted by atomic mass is 16.1. The zero-order chi connectivity index (χ0) is 7.11. The van der Waals surface area contributed by atoms with Crippen LogP contribution in [-0.4, -0.2) is 5.94 Å². The summed E-state index contributed by atoms with van der Waals surface area (Å²) in [7, 11) is 0. The van der Waals surface area contributed by atoms with Gasteiger partial charge in [-0.1, -0.05) is 19.9 Å². The van der Waals surface area contributed by atoms with E-state index in [-0.39, 0.29) is 0 Å². The predicted octanol–water partition coefficient (Wildman–Crippen LogP) is 2.12. The summed E-state index contributed by atoms with van der Waals surface area (Å²) in [5, 5.41) is 0. The third-order valence-electron chi connectivity index (χ3n) is 1.11. The molecule has 0 aromatic carbocycles. The highest BCUT2D eigenvalue weighted by molar-refractivity contribution is 5.51. The zero-order valence-corrected chi connectivity index (χ0v) is 5.81. The van der Waals surface area contributed by atoms with Crippen LogP contribution in [0.25, 0.3) is 0 Å². The van der Waals surface area contributed by atoms with Crippen LogP contribution in [0.3, 0.4) is 0 Å². The van der Waals surface area contributed by atoms with Crippen LogP contribution in [0, 0.1) is 0 Å². The molecule has 50 valence electrons. The van der Waals surface area contributed by atoms with Crippen molar-refractivity contribution in [3.05, 3.63) is 18.2 Å². The van der Waals surface area contributed by atoms with Crippen LogP contribution in [0.15, 0.2) is 18.2 Å². The van der Waals surface area contributed by atoms with Crippen LogP contribution >= 0.6 is 0 Å². The van der Waals surface area contributed by atoms with Crippen LogP contribution in [0.2, 0.25) is 0 Å². The molecule has 0 spiro atoms. The fourth-order valence-corrected chi connectivity index (χ4v) is 0.559. The van der Waals surface area contributed by atoms with Crippen LogP contribution in [0.1, 0.15) is 26.2 Å². The van der Waals surface area contributed by atoms with Crippen molar-refractivity contribution in [2.75, 3.05) is 0 Å². The lowest BCUT2D eigenvalue weighted by Crippen LogP contribution is -1.75. The van der Waals surface area contributed by atoms with E-state index in [0.717, 1.165) is 24.8 Å². The predicted molar refractivity (Wildman–Crippen MR) is 38.9 cm³/mol.